The van der Waals surface area contributed by atoms with Crippen LogP contribution in [0.3, 0.4) is 0 Å². The molecular formula is C13H19NO6. The topological polar surface area (TPSA) is 97.4 Å². The summed E-state index contributed by atoms with van der Waals surface area (Å²) in [5, 5.41) is 11.9. The van der Waals surface area contributed by atoms with Crippen molar-refractivity contribution < 1.29 is 28.9 Å². The fourth-order valence-corrected chi connectivity index (χ4v) is 3.01. The summed E-state index contributed by atoms with van der Waals surface area (Å²) in [4.78, 5) is 23.0. The van der Waals surface area contributed by atoms with Gasteiger partial charge < -0.3 is 24.6 Å². The summed E-state index contributed by atoms with van der Waals surface area (Å²) in [5.41, 5.74) is -1.00. The number of rotatable bonds is 4. The van der Waals surface area contributed by atoms with E-state index >= 15 is 0 Å². The van der Waals surface area contributed by atoms with Gasteiger partial charge >= 0.3 is 12.1 Å². The monoisotopic (exact) mass is 285 g/mol. The molecule has 2 fully saturated rings. The number of carbonyl (C=O) groups excluding carboxylic acids is 2. The Morgan fingerprint density at radius 1 is 1.55 bits per heavy atom. The van der Waals surface area contributed by atoms with Crippen molar-refractivity contribution in [2.45, 2.75) is 31.0 Å². The van der Waals surface area contributed by atoms with Crippen LogP contribution < -0.4 is 5.32 Å². The lowest BCUT2D eigenvalue weighted by Crippen LogP contribution is -2.33. The van der Waals surface area contributed by atoms with E-state index in [0.29, 0.717) is 6.42 Å². The predicted octanol–water partition coefficient (Wildman–Crippen LogP) is 0.329. The Kier molecular flexibility index (Phi) is 3.75. The van der Waals surface area contributed by atoms with Gasteiger partial charge in [-0.05, 0) is 19.8 Å². The van der Waals surface area contributed by atoms with Crippen LogP contribution in [0.2, 0.25) is 0 Å². The summed E-state index contributed by atoms with van der Waals surface area (Å²) in [6.07, 6.45) is 1.80. The van der Waals surface area contributed by atoms with Crippen molar-refractivity contribution in [2.24, 2.45) is 5.92 Å². The zero-order valence-corrected chi connectivity index (χ0v) is 11.8. The highest BCUT2D eigenvalue weighted by atomic mass is 16.6. The molecule has 1 aliphatic heterocycles. The summed E-state index contributed by atoms with van der Waals surface area (Å²) in [5.74, 6) is -0.943. The lowest BCUT2D eigenvalue weighted by molar-refractivity contribution is -0.137. The van der Waals surface area contributed by atoms with Crippen molar-refractivity contribution in [3.05, 3.63) is 11.8 Å². The lowest BCUT2D eigenvalue weighted by atomic mass is 9.85. The molecule has 0 aromatic heterocycles. The highest BCUT2D eigenvalue weighted by molar-refractivity contribution is 5.89. The van der Waals surface area contributed by atoms with E-state index in [0.717, 1.165) is 12.7 Å². The first-order valence-electron chi connectivity index (χ1n) is 6.42. The first kappa shape index (κ1) is 14.8. The van der Waals surface area contributed by atoms with Crippen molar-refractivity contribution in [1.29, 1.82) is 0 Å². The van der Waals surface area contributed by atoms with Gasteiger partial charge in [0, 0.05) is 13.0 Å². The van der Waals surface area contributed by atoms with Crippen LogP contribution in [0.1, 0.15) is 19.8 Å². The zero-order chi connectivity index (χ0) is 15.0. The molecule has 1 aliphatic carbocycles. The highest BCUT2D eigenvalue weighted by Gasteiger charge is 2.74. The van der Waals surface area contributed by atoms with Gasteiger partial charge in [-0.2, -0.15) is 0 Å². The number of ether oxygens (including phenoxy) is 3. The molecule has 2 rings (SSSR count). The number of amides is 1. The molecule has 1 saturated heterocycles. The van der Waals surface area contributed by atoms with Gasteiger partial charge in [0.15, 0.2) is 0 Å². The second kappa shape index (κ2) is 5.06. The molecule has 2 aliphatic rings. The molecule has 7 heteroatoms. The third-order valence-electron chi connectivity index (χ3n) is 4.26. The van der Waals surface area contributed by atoms with Gasteiger partial charge in [-0.3, -0.25) is 0 Å². The first-order chi connectivity index (χ1) is 9.44. The van der Waals surface area contributed by atoms with E-state index in [2.05, 4.69) is 5.32 Å². The molecule has 1 heterocycles. The maximum Gasteiger partial charge on any atom is 0.411 e. The van der Waals surface area contributed by atoms with Gasteiger partial charge in [0.1, 0.15) is 11.9 Å². The van der Waals surface area contributed by atoms with Crippen LogP contribution in [0.25, 0.3) is 0 Å². The molecular weight excluding hydrogens is 266 g/mol. The molecule has 112 valence electrons. The third-order valence-corrected chi connectivity index (χ3v) is 4.26. The van der Waals surface area contributed by atoms with Gasteiger partial charge in [0.2, 0.25) is 0 Å². The molecule has 1 saturated carbocycles. The second-order valence-corrected chi connectivity index (χ2v) is 5.19. The van der Waals surface area contributed by atoms with Crippen LogP contribution in [0.15, 0.2) is 11.8 Å². The normalized spacial score (nSPS) is 35.2. The van der Waals surface area contributed by atoms with Gasteiger partial charge in [0.25, 0.3) is 0 Å². The number of methoxy groups -OCH3 is 1. The molecule has 0 spiro atoms. The lowest BCUT2D eigenvalue weighted by Gasteiger charge is -2.20. The quantitative estimate of drug-likeness (QED) is 0.334. The average molecular weight is 285 g/mol. The fraction of sp³-hybridized carbons (Fsp3) is 0.692. The molecule has 3 atom stereocenters. The van der Waals surface area contributed by atoms with Crippen LogP contribution in [-0.4, -0.2) is 49.1 Å². The van der Waals surface area contributed by atoms with E-state index < -0.39 is 23.3 Å². The van der Waals surface area contributed by atoms with Crippen molar-refractivity contribution in [1.82, 2.24) is 5.32 Å². The number of hydrogen-bond acceptors (Lipinski definition) is 6. The minimum atomic E-state index is -0.779. The Morgan fingerprint density at radius 3 is 2.75 bits per heavy atom. The van der Waals surface area contributed by atoms with E-state index in [4.69, 9.17) is 14.2 Å². The number of aliphatic hydroxyl groups excluding tert-OH is 1. The molecule has 0 aromatic rings. The number of hydrogen-bond donors (Lipinski definition) is 2. The number of fused-ring (bicyclic) bond motifs is 1. The van der Waals surface area contributed by atoms with E-state index in [1.54, 1.807) is 0 Å². The van der Waals surface area contributed by atoms with Crippen molar-refractivity contribution in [2.75, 3.05) is 20.8 Å². The standard InChI is InChI=1S/C13H19NO6/c1-12-5-4-9(13(12,7-15)20-12)8(10(16)18-3)6-19-11(17)14-2/h6,9,15H,4-5,7H2,1-3H3,(H,14,17)/b8-6-/t9?,12-,13?/m0/s1. The minimum Gasteiger partial charge on any atom is -0.466 e. The molecule has 20 heavy (non-hydrogen) atoms. The smallest absolute Gasteiger partial charge is 0.411 e. The molecule has 2 N–H and O–H groups in total. The van der Waals surface area contributed by atoms with Crippen LogP contribution in [0.4, 0.5) is 4.79 Å². The number of alkyl carbamates (subject to hydrolysis) is 1. The van der Waals surface area contributed by atoms with E-state index in [9.17, 15) is 14.7 Å². The Labute approximate surface area is 116 Å². The minimum absolute atomic E-state index is 0.192. The largest absolute Gasteiger partial charge is 0.466 e. The molecule has 0 bridgehead atoms. The number of epoxide rings is 1. The maximum absolute atomic E-state index is 11.9. The summed E-state index contributed by atoms with van der Waals surface area (Å²) >= 11 is 0. The predicted molar refractivity (Wildman–Crippen MR) is 67.7 cm³/mol. The van der Waals surface area contributed by atoms with Crippen LogP contribution in [-0.2, 0) is 19.0 Å². The molecule has 7 nitrogen and oxygen atoms in total. The van der Waals surface area contributed by atoms with Crippen molar-refractivity contribution in [3.63, 3.8) is 0 Å². The summed E-state index contributed by atoms with van der Waals surface area (Å²) in [6.45, 7) is 1.71. The van der Waals surface area contributed by atoms with Gasteiger partial charge in [-0.15, -0.1) is 0 Å². The number of aliphatic hydroxyl groups is 1. The maximum atomic E-state index is 11.9. The average Bonchev–Trinajstić information content (AvgIpc) is 2.97. The Bertz CT molecular complexity index is 462. The van der Waals surface area contributed by atoms with E-state index in [-0.39, 0.29) is 18.1 Å². The van der Waals surface area contributed by atoms with Gasteiger partial charge in [-0.1, -0.05) is 0 Å². The van der Waals surface area contributed by atoms with Crippen LogP contribution in [0.5, 0.6) is 0 Å². The van der Waals surface area contributed by atoms with Crippen LogP contribution >= 0.6 is 0 Å². The second-order valence-electron chi connectivity index (χ2n) is 5.19. The number of esters is 1. The van der Waals surface area contributed by atoms with E-state index in [1.807, 2.05) is 6.92 Å². The first-order valence-corrected chi connectivity index (χ1v) is 6.42. The van der Waals surface area contributed by atoms with E-state index in [1.165, 1.54) is 14.2 Å². The fourth-order valence-electron chi connectivity index (χ4n) is 3.01. The molecule has 1 amide bonds. The molecule has 2 unspecified atom stereocenters. The van der Waals surface area contributed by atoms with Gasteiger partial charge in [0.05, 0.1) is 24.9 Å². The number of carbonyl (C=O) groups is 2. The summed E-state index contributed by atoms with van der Waals surface area (Å²) < 4.78 is 15.2. The Hall–Kier alpha value is -1.60. The SMILES string of the molecule is CNC(=O)O/C=C(\C(=O)OC)C1CC[C@]2(C)OC12CO. The molecule has 0 aromatic carbocycles. The summed E-state index contributed by atoms with van der Waals surface area (Å²) in [6, 6.07) is 0. The molecule has 0 radical (unpaired) electrons. The van der Waals surface area contributed by atoms with Gasteiger partial charge in [-0.25, -0.2) is 9.59 Å². The number of nitrogens with one attached hydrogen (secondary N) is 1. The van der Waals surface area contributed by atoms with Crippen LogP contribution in [0, 0.1) is 5.92 Å². The zero-order valence-electron chi connectivity index (χ0n) is 11.8. The highest BCUT2D eigenvalue weighted by Crippen LogP contribution is 2.63. The van der Waals surface area contributed by atoms with Crippen molar-refractivity contribution >= 4 is 12.1 Å². The summed E-state index contributed by atoms with van der Waals surface area (Å²) in [7, 11) is 2.67. The van der Waals surface area contributed by atoms with Crippen molar-refractivity contribution in [3.8, 4) is 0 Å². The Morgan fingerprint density at radius 2 is 2.25 bits per heavy atom. The third kappa shape index (κ3) is 2.06. The Balaban J connectivity index is 2.24.